The SMILES string of the molecule is CCN(CC)CCNc1nc(Nc2ccccc2)nc(Nc2ccc(/C=C/c3ccc(Nc4nc(NCCN(CC)CC)nc(Nc5ccccc5)n4)cc3S(=O)(=O)O)c(SOOO)c2)n1. The molecule has 2 heterocycles. The smallest absolute Gasteiger partial charge is 0.295 e. The molecule has 0 unspecified atom stereocenters. The third-order valence-electron chi connectivity index (χ3n) is 9.96. The van der Waals surface area contributed by atoms with E-state index in [4.69, 9.17) is 9.59 Å². The molecule has 0 bridgehead atoms. The Morgan fingerprint density at radius 1 is 0.561 bits per heavy atom. The number of nitrogens with one attached hydrogen (secondary N) is 6. The highest BCUT2D eigenvalue weighted by Crippen LogP contribution is 2.32. The van der Waals surface area contributed by atoms with Crippen molar-refractivity contribution in [1.29, 1.82) is 0 Å². The van der Waals surface area contributed by atoms with Crippen molar-refractivity contribution in [3.63, 3.8) is 0 Å². The van der Waals surface area contributed by atoms with Crippen LogP contribution in [0.4, 0.5) is 58.4 Å². The predicted octanol–water partition coefficient (Wildman–Crippen LogP) is 8.38. The molecule has 8 N–H and O–H groups in total. The summed E-state index contributed by atoms with van der Waals surface area (Å²) in [6.07, 6.45) is 3.14. The molecule has 2 aromatic heterocycles. The van der Waals surface area contributed by atoms with Gasteiger partial charge in [0, 0.05) is 53.8 Å². The quantitative estimate of drug-likeness (QED) is 0.00836. The summed E-state index contributed by atoms with van der Waals surface area (Å²) in [6, 6.07) is 28.5. The normalized spacial score (nSPS) is 11.6. The van der Waals surface area contributed by atoms with Gasteiger partial charge in [-0.2, -0.15) is 38.3 Å². The van der Waals surface area contributed by atoms with Gasteiger partial charge in [-0.05, 0) is 85.8 Å². The fourth-order valence-electron chi connectivity index (χ4n) is 6.45. The number of benzene rings is 4. The minimum Gasteiger partial charge on any atom is -0.353 e. The fourth-order valence-corrected chi connectivity index (χ4v) is 7.67. The average molecular weight is 939 g/mol. The molecule has 20 nitrogen and oxygen atoms in total. The molecule has 0 spiro atoms. The molecule has 6 aromatic rings. The lowest BCUT2D eigenvalue weighted by atomic mass is 10.1. The van der Waals surface area contributed by atoms with Crippen LogP contribution < -0.4 is 31.9 Å². The van der Waals surface area contributed by atoms with Gasteiger partial charge in [0.1, 0.15) is 4.90 Å². The van der Waals surface area contributed by atoms with Crippen LogP contribution in [0.2, 0.25) is 0 Å². The van der Waals surface area contributed by atoms with Gasteiger partial charge in [-0.1, -0.05) is 93.4 Å². The zero-order chi connectivity index (χ0) is 46.7. The summed E-state index contributed by atoms with van der Waals surface area (Å²) >= 11 is 0.702. The summed E-state index contributed by atoms with van der Waals surface area (Å²) in [5, 5.41) is 32.2. The average Bonchev–Trinajstić information content (AvgIpc) is 3.31. The molecule has 0 fully saturated rings. The Morgan fingerprint density at radius 3 is 1.41 bits per heavy atom. The second-order valence-electron chi connectivity index (χ2n) is 14.3. The maximum absolute atomic E-state index is 12.8. The molecule has 0 radical (unpaired) electrons. The lowest BCUT2D eigenvalue weighted by Crippen LogP contribution is -2.29. The molecule has 0 saturated carbocycles. The minimum absolute atomic E-state index is 0.128. The van der Waals surface area contributed by atoms with Gasteiger partial charge < -0.3 is 41.7 Å². The zero-order valence-corrected chi connectivity index (χ0v) is 38.6. The van der Waals surface area contributed by atoms with Crippen LogP contribution in [-0.2, 0) is 19.5 Å². The lowest BCUT2D eigenvalue weighted by Gasteiger charge is -2.18. The van der Waals surface area contributed by atoms with Crippen LogP contribution in [0.25, 0.3) is 12.2 Å². The third-order valence-corrected chi connectivity index (χ3v) is 11.5. The topological polar surface area (TPSA) is 249 Å². The molecule has 0 saturated heterocycles. The molecule has 22 heteroatoms. The predicted molar refractivity (Wildman–Crippen MR) is 261 cm³/mol. The maximum Gasteiger partial charge on any atom is 0.295 e. The Labute approximate surface area is 388 Å². The van der Waals surface area contributed by atoms with Crippen LogP contribution in [0.15, 0.2) is 107 Å². The van der Waals surface area contributed by atoms with Crippen molar-refractivity contribution in [1.82, 2.24) is 39.7 Å². The number of likely N-dealkylation sites (N-methyl/N-ethyl adjacent to an activating group) is 2. The van der Waals surface area contributed by atoms with Gasteiger partial charge in [0.2, 0.25) is 35.7 Å². The van der Waals surface area contributed by atoms with Gasteiger partial charge in [0.05, 0.1) is 12.0 Å². The van der Waals surface area contributed by atoms with Gasteiger partial charge in [-0.25, -0.2) is 5.26 Å². The van der Waals surface area contributed by atoms with Crippen molar-refractivity contribution >= 4 is 92.8 Å². The number of aromatic nitrogens is 6. The number of hydrogen-bond acceptors (Lipinski definition) is 20. The number of rotatable bonds is 26. The minimum atomic E-state index is -4.74. The Bertz CT molecular complexity index is 2610. The Balaban J connectivity index is 1.24. The highest BCUT2D eigenvalue weighted by molar-refractivity contribution is 7.94. The van der Waals surface area contributed by atoms with Crippen LogP contribution in [-0.4, -0.2) is 110 Å². The molecule has 66 heavy (non-hydrogen) atoms. The van der Waals surface area contributed by atoms with E-state index in [-0.39, 0.29) is 34.0 Å². The van der Waals surface area contributed by atoms with Crippen LogP contribution in [0.1, 0.15) is 38.8 Å². The van der Waals surface area contributed by atoms with Crippen molar-refractivity contribution < 1.29 is 27.6 Å². The molecule has 0 aliphatic rings. The molecule has 0 amide bonds. The first kappa shape index (κ1) is 48.9. The van der Waals surface area contributed by atoms with Crippen molar-refractivity contribution in [2.45, 2.75) is 37.5 Å². The van der Waals surface area contributed by atoms with E-state index >= 15 is 0 Å². The van der Waals surface area contributed by atoms with Gasteiger partial charge in [0.25, 0.3) is 10.1 Å². The lowest BCUT2D eigenvalue weighted by molar-refractivity contribution is -0.432. The van der Waals surface area contributed by atoms with Crippen LogP contribution in [0.3, 0.4) is 0 Å². The summed E-state index contributed by atoms with van der Waals surface area (Å²) in [5.41, 5.74) is 3.09. The van der Waals surface area contributed by atoms with E-state index in [1.54, 1.807) is 30.3 Å². The summed E-state index contributed by atoms with van der Waals surface area (Å²) < 4.78 is 40.9. The maximum atomic E-state index is 12.8. The molecule has 0 aliphatic carbocycles. The van der Waals surface area contributed by atoms with E-state index in [1.807, 2.05) is 60.7 Å². The van der Waals surface area contributed by atoms with Crippen molar-refractivity contribution in [2.75, 3.05) is 84.3 Å². The van der Waals surface area contributed by atoms with Gasteiger partial charge in [-0.3, -0.25) is 4.55 Å². The second-order valence-corrected chi connectivity index (χ2v) is 16.4. The van der Waals surface area contributed by atoms with E-state index in [1.165, 1.54) is 18.2 Å². The second kappa shape index (κ2) is 24.7. The summed E-state index contributed by atoms with van der Waals surface area (Å²) in [7, 11) is -4.74. The number of hydrogen-bond donors (Lipinski definition) is 8. The van der Waals surface area contributed by atoms with Crippen molar-refractivity contribution in [3.8, 4) is 0 Å². The van der Waals surface area contributed by atoms with Crippen molar-refractivity contribution in [3.05, 3.63) is 108 Å². The van der Waals surface area contributed by atoms with Crippen molar-refractivity contribution in [2.24, 2.45) is 0 Å². The van der Waals surface area contributed by atoms with Crippen LogP contribution in [0, 0.1) is 0 Å². The zero-order valence-electron chi connectivity index (χ0n) is 37.0. The van der Waals surface area contributed by atoms with E-state index in [9.17, 15) is 13.0 Å². The standard InChI is InChI=1S/C44H54N14O6S2/c1-5-57(6-2)27-25-45-39-51-41(47-33-15-11-9-12-16-33)55-43(53-39)49-35-23-21-31(37(29-35)65-64-63-59)19-20-32-22-24-36(30-38(32)66(60,61)62)50-44-54-40(46-26-28-58(7-3)8-4)52-42(56-44)48-34-17-13-10-14-18-34/h9-24,29-30,59H,5-8,25-28H2,1-4H3,(H,60,61,62)(H3,45,47,49,51,53,55)(H3,46,48,50,52,54,56)/b20-19+. The summed E-state index contributed by atoms with van der Waals surface area (Å²) in [6.45, 7) is 14.8. The Hall–Kier alpha value is -6.50. The fraction of sp³-hybridized carbons (Fsp3) is 0.273. The van der Waals surface area contributed by atoms with Gasteiger partial charge in [0.15, 0.2) is 0 Å². The highest BCUT2D eigenvalue weighted by Gasteiger charge is 2.17. The molecular formula is C44H54N14O6S2. The van der Waals surface area contributed by atoms with Crippen LogP contribution >= 0.6 is 12.0 Å². The Morgan fingerprint density at radius 2 is 0.970 bits per heavy atom. The first-order valence-corrected chi connectivity index (χ1v) is 23.4. The molecule has 6 rings (SSSR count). The van der Waals surface area contributed by atoms with E-state index < -0.39 is 10.1 Å². The number of nitrogens with zero attached hydrogens (tertiary/aromatic N) is 8. The molecule has 348 valence electrons. The largest absolute Gasteiger partial charge is 0.353 e. The summed E-state index contributed by atoms with van der Waals surface area (Å²) in [4.78, 5) is 32.0. The van der Waals surface area contributed by atoms with E-state index in [2.05, 4.69) is 104 Å². The first-order chi connectivity index (χ1) is 32.0. The van der Waals surface area contributed by atoms with E-state index in [0.29, 0.717) is 59.1 Å². The highest BCUT2D eigenvalue weighted by atomic mass is 32.2. The van der Waals surface area contributed by atoms with Gasteiger partial charge in [-0.15, -0.1) is 4.33 Å². The number of anilines is 10. The van der Waals surface area contributed by atoms with Gasteiger partial charge >= 0.3 is 0 Å². The molecule has 0 atom stereocenters. The van der Waals surface area contributed by atoms with E-state index in [0.717, 1.165) is 50.6 Å². The number of para-hydroxylation sites is 2. The first-order valence-electron chi connectivity index (χ1n) is 21.3. The summed E-state index contributed by atoms with van der Waals surface area (Å²) in [5.74, 6) is 1.60. The monoisotopic (exact) mass is 938 g/mol. The van der Waals surface area contributed by atoms with Crippen LogP contribution in [0.5, 0.6) is 0 Å². The molecule has 0 aliphatic heterocycles. The molecule has 4 aromatic carbocycles. The Kier molecular flexibility index (Phi) is 18.3. The molecular weight excluding hydrogens is 885 g/mol. The third kappa shape index (κ3) is 15.0.